The maximum Gasteiger partial charge on any atom is 0.308 e. The molecule has 0 saturated carbocycles. The van der Waals surface area contributed by atoms with Crippen molar-refractivity contribution in [1.82, 2.24) is 0 Å². The number of aliphatic carboxylic acids is 1. The Labute approximate surface area is 95.1 Å². The van der Waals surface area contributed by atoms with Crippen LogP contribution in [0.15, 0.2) is 24.3 Å². The first-order chi connectivity index (χ1) is 7.59. The molecule has 86 valence electrons. The zero-order valence-electron chi connectivity index (χ0n) is 8.37. The third-order valence-electron chi connectivity index (χ3n) is 2.65. The fourth-order valence-electron chi connectivity index (χ4n) is 1.87. The lowest BCUT2D eigenvalue weighted by Gasteiger charge is -2.30. The molecule has 1 aromatic carbocycles. The summed E-state index contributed by atoms with van der Waals surface area (Å²) in [6, 6.07) is 7.06. The molecule has 0 aliphatic carbocycles. The number of carboxylic acid groups (broad SMARTS) is 1. The summed E-state index contributed by atoms with van der Waals surface area (Å²) in [5.41, 5.74) is 1.43. The van der Waals surface area contributed by atoms with Gasteiger partial charge in [-0.3, -0.25) is 13.7 Å². The van der Waals surface area contributed by atoms with Crippen molar-refractivity contribution in [3.05, 3.63) is 29.8 Å². The molecule has 2 N–H and O–H groups in total. The summed E-state index contributed by atoms with van der Waals surface area (Å²) >= 11 is -2.18. The first-order valence-electron chi connectivity index (χ1n) is 4.79. The largest absolute Gasteiger partial charge is 0.481 e. The van der Waals surface area contributed by atoms with E-state index in [0.29, 0.717) is 12.1 Å². The van der Waals surface area contributed by atoms with Crippen LogP contribution in [0, 0.1) is 5.92 Å². The molecule has 0 saturated heterocycles. The Morgan fingerprint density at radius 1 is 1.44 bits per heavy atom. The fraction of sp³-hybridized carbons (Fsp3) is 0.300. The molecule has 2 unspecified atom stereocenters. The smallest absolute Gasteiger partial charge is 0.308 e. The van der Waals surface area contributed by atoms with Gasteiger partial charge in [0.25, 0.3) is 11.3 Å². The van der Waals surface area contributed by atoms with Gasteiger partial charge in [-0.2, -0.15) is 0 Å². The van der Waals surface area contributed by atoms with Crippen LogP contribution in [0.3, 0.4) is 0 Å². The number of rotatable bonds is 2. The molecule has 2 rings (SSSR count). The van der Waals surface area contributed by atoms with Gasteiger partial charge in [-0.15, -0.1) is 0 Å². The van der Waals surface area contributed by atoms with Crippen molar-refractivity contribution < 1.29 is 18.7 Å². The summed E-state index contributed by atoms with van der Waals surface area (Å²) in [5.74, 6) is -1.57. The summed E-state index contributed by atoms with van der Waals surface area (Å²) in [4.78, 5) is 10.9. The Kier molecular flexibility index (Phi) is 2.93. The number of fused-ring (bicyclic) bond motifs is 1. The highest BCUT2D eigenvalue weighted by molar-refractivity contribution is 7.80. The van der Waals surface area contributed by atoms with Crippen LogP contribution >= 0.6 is 0 Å². The van der Waals surface area contributed by atoms with Crippen LogP contribution in [0.1, 0.15) is 5.56 Å². The fourth-order valence-corrected chi connectivity index (χ4v) is 2.52. The predicted molar refractivity (Wildman–Crippen MR) is 59.4 cm³/mol. The first kappa shape index (κ1) is 11.1. The van der Waals surface area contributed by atoms with Gasteiger partial charge in [0.15, 0.2) is 0 Å². The standard InChI is InChI=1S/C10H11NO4S/c12-10(13)8-5-7-3-1-2-4-9(7)11(6-8)16(14)15/h1-4,8H,5-6H2,(H,12,13)(H,14,15). The van der Waals surface area contributed by atoms with Crippen molar-refractivity contribution in [3.8, 4) is 0 Å². The molecular formula is C10H11NO4S. The third-order valence-corrected chi connectivity index (χ3v) is 3.37. The highest BCUT2D eigenvalue weighted by Crippen LogP contribution is 2.30. The second kappa shape index (κ2) is 4.23. The van der Waals surface area contributed by atoms with Crippen molar-refractivity contribution in [1.29, 1.82) is 0 Å². The molecule has 0 aromatic heterocycles. The van der Waals surface area contributed by atoms with E-state index in [1.165, 1.54) is 4.31 Å². The van der Waals surface area contributed by atoms with Gasteiger partial charge in [-0.1, -0.05) is 18.2 Å². The van der Waals surface area contributed by atoms with E-state index in [-0.39, 0.29) is 6.54 Å². The van der Waals surface area contributed by atoms with Crippen molar-refractivity contribution in [2.75, 3.05) is 10.8 Å². The van der Waals surface area contributed by atoms with Crippen molar-refractivity contribution in [2.24, 2.45) is 5.92 Å². The molecular weight excluding hydrogens is 230 g/mol. The molecule has 1 aliphatic rings. The summed E-state index contributed by atoms with van der Waals surface area (Å²) in [7, 11) is 0. The van der Waals surface area contributed by atoms with Crippen LogP contribution in [0.5, 0.6) is 0 Å². The van der Waals surface area contributed by atoms with E-state index in [1.54, 1.807) is 24.3 Å². The Bertz CT molecular complexity index is 448. The van der Waals surface area contributed by atoms with Crippen LogP contribution in [0.4, 0.5) is 5.69 Å². The van der Waals surface area contributed by atoms with Gasteiger partial charge in [0, 0.05) is 6.54 Å². The van der Waals surface area contributed by atoms with Crippen LogP contribution in [-0.4, -0.2) is 26.4 Å². The minimum atomic E-state index is -2.18. The summed E-state index contributed by atoms with van der Waals surface area (Å²) < 4.78 is 21.5. The number of hydrogen-bond acceptors (Lipinski definition) is 2. The number of carboxylic acids is 1. The molecule has 0 bridgehead atoms. The Morgan fingerprint density at radius 2 is 2.12 bits per heavy atom. The molecule has 1 aromatic rings. The Morgan fingerprint density at radius 3 is 2.75 bits per heavy atom. The maximum absolute atomic E-state index is 11.1. The van der Waals surface area contributed by atoms with E-state index < -0.39 is 23.2 Å². The summed E-state index contributed by atoms with van der Waals surface area (Å²) in [6.45, 7) is 0.0649. The zero-order chi connectivity index (χ0) is 11.7. The molecule has 1 heterocycles. The molecule has 0 spiro atoms. The molecule has 5 nitrogen and oxygen atoms in total. The van der Waals surface area contributed by atoms with Gasteiger partial charge in [0.1, 0.15) is 0 Å². The van der Waals surface area contributed by atoms with Gasteiger partial charge in [0.05, 0.1) is 11.6 Å². The van der Waals surface area contributed by atoms with E-state index >= 15 is 0 Å². The predicted octanol–water partition coefficient (Wildman–Crippen LogP) is 0.887. The van der Waals surface area contributed by atoms with E-state index in [9.17, 15) is 9.00 Å². The number of nitrogens with zero attached hydrogens (tertiary/aromatic N) is 1. The zero-order valence-corrected chi connectivity index (χ0v) is 9.18. The average Bonchev–Trinajstić information content (AvgIpc) is 2.27. The number of para-hydroxylation sites is 1. The van der Waals surface area contributed by atoms with Crippen LogP contribution < -0.4 is 4.31 Å². The van der Waals surface area contributed by atoms with E-state index in [4.69, 9.17) is 9.66 Å². The lowest BCUT2D eigenvalue weighted by molar-refractivity contribution is -0.141. The molecule has 1 aliphatic heterocycles. The molecule has 0 fully saturated rings. The molecule has 6 heteroatoms. The minimum Gasteiger partial charge on any atom is -0.481 e. The van der Waals surface area contributed by atoms with Crippen molar-refractivity contribution >= 4 is 22.9 Å². The molecule has 2 atom stereocenters. The molecule has 0 amide bonds. The quantitative estimate of drug-likeness (QED) is 0.754. The highest BCUT2D eigenvalue weighted by Gasteiger charge is 2.31. The van der Waals surface area contributed by atoms with Gasteiger partial charge in [0.2, 0.25) is 0 Å². The Balaban J connectivity index is 2.41. The van der Waals surface area contributed by atoms with E-state index in [0.717, 1.165) is 5.56 Å². The monoisotopic (exact) mass is 241 g/mol. The van der Waals surface area contributed by atoms with E-state index in [1.807, 2.05) is 0 Å². The van der Waals surface area contributed by atoms with Crippen molar-refractivity contribution in [2.45, 2.75) is 6.42 Å². The number of hydrogen-bond donors (Lipinski definition) is 2. The average molecular weight is 241 g/mol. The molecule has 16 heavy (non-hydrogen) atoms. The summed E-state index contributed by atoms with van der Waals surface area (Å²) in [6.07, 6.45) is 0.402. The van der Waals surface area contributed by atoms with Crippen LogP contribution in [0.25, 0.3) is 0 Å². The topological polar surface area (TPSA) is 77.8 Å². The first-order valence-corrected chi connectivity index (χ1v) is 5.85. The summed E-state index contributed by atoms with van der Waals surface area (Å²) in [5, 5.41) is 8.96. The third kappa shape index (κ3) is 1.94. The van der Waals surface area contributed by atoms with Crippen LogP contribution in [-0.2, 0) is 22.5 Å². The van der Waals surface area contributed by atoms with Crippen LogP contribution in [0.2, 0.25) is 0 Å². The van der Waals surface area contributed by atoms with Crippen molar-refractivity contribution in [3.63, 3.8) is 0 Å². The van der Waals surface area contributed by atoms with Gasteiger partial charge in [-0.05, 0) is 18.1 Å². The number of benzene rings is 1. The SMILES string of the molecule is O=C(O)C1Cc2ccccc2N(S(=O)O)C1. The lowest BCUT2D eigenvalue weighted by atomic mass is 9.94. The molecule has 0 radical (unpaired) electrons. The number of carbonyl (C=O) groups is 1. The second-order valence-corrected chi connectivity index (χ2v) is 4.56. The van der Waals surface area contributed by atoms with Gasteiger partial charge >= 0.3 is 5.97 Å². The van der Waals surface area contributed by atoms with Gasteiger partial charge < -0.3 is 5.11 Å². The highest BCUT2D eigenvalue weighted by atomic mass is 32.2. The second-order valence-electron chi connectivity index (χ2n) is 3.66. The Hall–Kier alpha value is -1.40. The van der Waals surface area contributed by atoms with Gasteiger partial charge in [-0.25, -0.2) is 4.21 Å². The lowest BCUT2D eigenvalue weighted by Crippen LogP contribution is -2.39. The maximum atomic E-state index is 11.1. The minimum absolute atomic E-state index is 0.0649. The van der Waals surface area contributed by atoms with E-state index in [2.05, 4.69) is 0 Å². The number of anilines is 1. The normalized spacial score (nSPS) is 21.3.